The van der Waals surface area contributed by atoms with E-state index in [1.54, 1.807) is 12.1 Å². The molecule has 0 saturated heterocycles. The van der Waals surface area contributed by atoms with E-state index in [2.05, 4.69) is 5.32 Å². The second kappa shape index (κ2) is 10.5. The van der Waals surface area contributed by atoms with E-state index in [1.807, 2.05) is 0 Å². The van der Waals surface area contributed by atoms with E-state index in [4.69, 9.17) is 32.7 Å². The van der Waals surface area contributed by atoms with Gasteiger partial charge in [-0.1, -0.05) is 41.4 Å². The van der Waals surface area contributed by atoms with Crippen molar-refractivity contribution in [3.8, 4) is 11.5 Å². The standard InChI is InChI=1S/C23H21Cl2FN2O5S/c1-32-21-11-16(23(29)27-19-10-15(24)8-9-17(19)25)20(12-22(21)33-2)28(34(3,30)31)13-14-6-4-5-7-18(14)26/h4-12H,13H2,1-3H3,(H,27,29). The first-order valence-electron chi connectivity index (χ1n) is 9.78. The van der Waals surface area contributed by atoms with Crippen molar-refractivity contribution in [2.75, 3.05) is 30.1 Å². The second-order valence-corrected chi connectivity index (χ2v) is 9.91. The van der Waals surface area contributed by atoms with Crippen LogP contribution in [-0.2, 0) is 16.6 Å². The van der Waals surface area contributed by atoms with Gasteiger partial charge in [0.1, 0.15) is 5.82 Å². The van der Waals surface area contributed by atoms with Crippen LogP contribution in [0.3, 0.4) is 0 Å². The minimum Gasteiger partial charge on any atom is -0.493 e. The Hall–Kier alpha value is -3.01. The van der Waals surface area contributed by atoms with Crippen LogP contribution < -0.4 is 19.1 Å². The van der Waals surface area contributed by atoms with E-state index in [0.29, 0.717) is 5.02 Å². The number of halogens is 3. The Balaban J connectivity index is 2.18. The molecule has 0 fully saturated rings. The molecular formula is C23H21Cl2FN2O5S. The zero-order valence-electron chi connectivity index (χ0n) is 18.4. The van der Waals surface area contributed by atoms with Crippen molar-refractivity contribution in [1.29, 1.82) is 0 Å². The molecule has 0 saturated carbocycles. The zero-order chi connectivity index (χ0) is 25.0. The van der Waals surface area contributed by atoms with Crippen molar-refractivity contribution in [2.24, 2.45) is 0 Å². The predicted molar refractivity (Wildman–Crippen MR) is 131 cm³/mol. The number of carbonyl (C=O) groups is 1. The van der Waals surface area contributed by atoms with Crippen molar-refractivity contribution < 1.29 is 27.1 Å². The molecule has 180 valence electrons. The third-order valence-electron chi connectivity index (χ3n) is 4.86. The average molecular weight is 527 g/mol. The summed E-state index contributed by atoms with van der Waals surface area (Å²) in [5.74, 6) is -0.916. The van der Waals surface area contributed by atoms with E-state index in [0.717, 1.165) is 10.6 Å². The number of anilines is 2. The van der Waals surface area contributed by atoms with E-state index >= 15 is 0 Å². The van der Waals surface area contributed by atoms with Gasteiger partial charge in [-0.2, -0.15) is 0 Å². The van der Waals surface area contributed by atoms with Gasteiger partial charge in [0, 0.05) is 16.7 Å². The summed E-state index contributed by atoms with van der Waals surface area (Å²) in [6, 6.07) is 13.0. The van der Waals surface area contributed by atoms with Gasteiger partial charge < -0.3 is 14.8 Å². The number of carbonyl (C=O) groups excluding carboxylic acids is 1. The molecule has 0 aliphatic rings. The Kier molecular flexibility index (Phi) is 7.91. The Morgan fingerprint density at radius 2 is 1.68 bits per heavy atom. The molecule has 0 unspecified atom stereocenters. The van der Waals surface area contributed by atoms with Gasteiger partial charge in [0.25, 0.3) is 5.91 Å². The molecular weight excluding hydrogens is 506 g/mol. The van der Waals surface area contributed by atoms with Gasteiger partial charge >= 0.3 is 0 Å². The van der Waals surface area contributed by atoms with Crippen LogP contribution in [0, 0.1) is 5.82 Å². The maximum Gasteiger partial charge on any atom is 0.257 e. The summed E-state index contributed by atoms with van der Waals surface area (Å²) < 4.78 is 51.5. The number of hydrogen-bond acceptors (Lipinski definition) is 5. The highest BCUT2D eigenvalue weighted by Crippen LogP contribution is 2.38. The summed E-state index contributed by atoms with van der Waals surface area (Å²) in [6.45, 7) is -0.362. The molecule has 0 radical (unpaired) electrons. The lowest BCUT2D eigenvalue weighted by atomic mass is 10.1. The lowest BCUT2D eigenvalue weighted by molar-refractivity contribution is 0.102. The van der Waals surface area contributed by atoms with Gasteiger partial charge in [-0.25, -0.2) is 12.8 Å². The van der Waals surface area contributed by atoms with E-state index in [9.17, 15) is 17.6 Å². The molecule has 3 aromatic rings. The molecule has 0 aromatic heterocycles. The van der Waals surface area contributed by atoms with Gasteiger partial charge in [0.05, 0.1) is 49.0 Å². The molecule has 0 spiro atoms. The van der Waals surface area contributed by atoms with Crippen molar-refractivity contribution in [2.45, 2.75) is 6.54 Å². The maximum absolute atomic E-state index is 14.4. The highest BCUT2D eigenvalue weighted by atomic mass is 35.5. The molecule has 3 aromatic carbocycles. The quantitative estimate of drug-likeness (QED) is 0.426. The Morgan fingerprint density at radius 1 is 1.03 bits per heavy atom. The van der Waals surface area contributed by atoms with Crippen LogP contribution in [0.15, 0.2) is 54.6 Å². The first-order valence-corrected chi connectivity index (χ1v) is 12.4. The van der Waals surface area contributed by atoms with E-state index < -0.39 is 21.7 Å². The van der Waals surface area contributed by atoms with Gasteiger partial charge in [0.2, 0.25) is 10.0 Å². The van der Waals surface area contributed by atoms with Gasteiger partial charge in [-0.3, -0.25) is 9.10 Å². The third-order valence-corrected chi connectivity index (χ3v) is 6.56. The topological polar surface area (TPSA) is 84.9 Å². The van der Waals surface area contributed by atoms with Gasteiger partial charge in [-0.15, -0.1) is 0 Å². The Bertz CT molecular complexity index is 1330. The highest BCUT2D eigenvalue weighted by molar-refractivity contribution is 7.92. The fourth-order valence-electron chi connectivity index (χ4n) is 3.20. The van der Waals surface area contributed by atoms with Crippen LogP contribution in [0.2, 0.25) is 10.0 Å². The molecule has 11 heteroatoms. The molecule has 1 amide bonds. The first-order chi connectivity index (χ1) is 16.0. The van der Waals surface area contributed by atoms with Crippen LogP contribution >= 0.6 is 23.2 Å². The summed E-state index contributed by atoms with van der Waals surface area (Å²) in [7, 11) is -1.23. The number of ether oxygens (including phenoxy) is 2. The summed E-state index contributed by atoms with van der Waals surface area (Å²) >= 11 is 12.2. The summed E-state index contributed by atoms with van der Waals surface area (Å²) in [5.41, 5.74) is 0.223. The number of nitrogens with zero attached hydrogens (tertiary/aromatic N) is 1. The monoisotopic (exact) mass is 526 g/mol. The van der Waals surface area contributed by atoms with Crippen molar-refractivity contribution in [1.82, 2.24) is 0 Å². The van der Waals surface area contributed by atoms with Crippen LogP contribution in [-0.4, -0.2) is 34.8 Å². The number of methoxy groups -OCH3 is 2. The second-order valence-electron chi connectivity index (χ2n) is 7.16. The largest absolute Gasteiger partial charge is 0.493 e. The van der Waals surface area contributed by atoms with Crippen LogP contribution in [0.1, 0.15) is 15.9 Å². The summed E-state index contributed by atoms with van der Waals surface area (Å²) in [4.78, 5) is 13.3. The Morgan fingerprint density at radius 3 is 2.29 bits per heavy atom. The van der Waals surface area contributed by atoms with Crippen LogP contribution in [0.4, 0.5) is 15.8 Å². The first kappa shape index (κ1) is 25.6. The van der Waals surface area contributed by atoms with Crippen LogP contribution in [0.25, 0.3) is 0 Å². The van der Waals surface area contributed by atoms with Crippen LogP contribution in [0.5, 0.6) is 11.5 Å². The molecule has 34 heavy (non-hydrogen) atoms. The molecule has 0 aliphatic heterocycles. The van der Waals surface area contributed by atoms with Crippen molar-refractivity contribution in [3.63, 3.8) is 0 Å². The predicted octanol–water partition coefficient (Wildman–Crippen LogP) is 5.37. The number of amides is 1. The average Bonchev–Trinajstić information content (AvgIpc) is 2.79. The number of hydrogen-bond donors (Lipinski definition) is 1. The van der Waals surface area contributed by atoms with E-state index in [-0.39, 0.29) is 45.6 Å². The molecule has 3 rings (SSSR count). The van der Waals surface area contributed by atoms with Crippen molar-refractivity contribution in [3.05, 3.63) is 81.6 Å². The number of sulfonamides is 1. The third kappa shape index (κ3) is 5.72. The lowest BCUT2D eigenvalue weighted by Crippen LogP contribution is -2.32. The molecule has 0 aliphatic carbocycles. The lowest BCUT2D eigenvalue weighted by Gasteiger charge is -2.26. The Labute approximate surface area is 207 Å². The summed E-state index contributed by atoms with van der Waals surface area (Å²) in [5, 5.41) is 3.20. The SMILES string of the molecule is COc1cc(C(=O)Nc2cc(Cl)ccc2Cl)c(N(Cc2ccccc2F)S(C)(=O)=O)cc1OC. The smallest absolute Gasteiger partial charge is 0.257 e. The number of nitrogens with one attached hydrogen (secondary N) is 1. The minimum absolute atomic E-state index is 0.0425. The maximum atomic E-state index is 14.4. The molecule has 7 nitrogen and oxygen atoms in total. The highest BCUT2D eigenvalue weighted by Gasteiger charge is 2.27. The zero-order valence-corrected chi connectivity index (χ0v) is 20.8. The number of rotatable bonds is 8. The molecule has 0 bridgehead atoms. The van der Waals surface area contributed by atoms with Gasteiger partial charge in [0.15, 0.2) is 11.5 Å². The fourth-order valence-corrected chi connectivity index (χ4v) is 4.42. The minimum atomic E-state index is -3.98. The normalized spacial score (nSPS) is 11.1. The number of benzene rings is 3. The summed E-state index contributed by atoms with van der Waals surface area (Å²) in [6.07, 6.45) is 0.958. The van der Waals surface area contributed by atoms with Crippen molar-refractivity contribution >= 4 is 50.5 Å². The fraction of sp³-hybridized carbons (Fsp3) is 0.174. The molecule has 0 heterocycles. The molecule has 1 N–H and O–H groups in total. The van der Waals surface area contributed by atoms with E-state index in [1.165, 1.54) is 56.7 Å². The van der Waals surface area contributed by atoms with Gasteiger partial charge in [-0.05, 0) is 30.3 Å². The molecule has 0 atom stereocenters.